The van der Waals surface area contributed by atoms with E-state index in [4.69, 9.17) is 0 Å². The van der Waals surface area contributed by atoms with Crippen LogP contribution in [0.4, 0.5) is 0 Å². The number of nitrogens with zero attached hydrogens (tertiary/aromatic N) is 1. The predicted molar refractivity (Wildman–Crippen MR) is 98.0 cm³/mol. The number of benzene rings is 2. The fourth-order valence-electron chi connectivity index (χ4n) is 3.42. The molecule has 1 saturated heterocycles. The fourth-order valence-corrected chi connectivity index (χ4v) is 3.42. The second-order valence-electron chi connectivity index (χ2n) is 6.63. The van der Waals surface area contributed by atoms with Crippen LogP contribution in [0.15, 0.2) is 54.6 Å². The lowest BCUT2D eigenvalue weighted by Gasteiger charge is -2.26. The first-order valence-corrected chi connectivity index (χ1v) is 8.75. The second-order valence-corrected chi connectivity index (χ2v) is 6.63. The van der Waals surface area contributed by atoms with Crippen molar-refractivity contribution in [1.82, 2.24) is 10.2 Å². The molecule has 0 radical (unpaired) electrons. The Kier molecular flexibility index (Phi) is 5.17. The first-order valence-electron chi connectivity index (χ1n) is 8.75. The molecule has 1 aliphatic heterocycles. The Morgan fingerprint density at radius 1 is 1.04 bits per heavy atom. The minimum atomic E-state index is -0.367. The number of hydrogen-bond donors (Lipinski definition) is 1. The lowest BCUT2D eigenvalue weighted by Crippen LogP contribution is -2.46. The Balaban J connectivity index is 1.86. The first-order chi connectivity index (χ1) is 12.1. The zero-order chi connectivity index (χ0) is 17.8. The number of hydrogen-bond acceptors (Lipinski definition) is 2. The van der Waals surface area contributed by atoms with Crippen molar-refractivity contribution in [3.63, 3.8) is 0 Å². The molecule has 0 aliphatic carbocycles. The standard InChI is InChI=1S/C21H24N2O2/c1-15-10-12-18(13-11-15)20(17-7-4-3-5-8-17)22-21(25)19-9-6-14-23(19)16(2)24/h3-5,7-8,10-13,19-20H,6,9,14H2,1-2H3,(H,22,25). The smallest absolute Gasteiger partial charge is 0.243 e. The molecular weight excluding hydrogens is 312 g/mol. The summed E-state index contributed by atoms with van der Waals surface area (Å²) in [6, 6.07) is 17.5. The normalized spacial score (nSPS) is 18.0. The third-order valence-corrected chi connectivity index (χ3v) is 4.79. The maximum absolute atomic E-state index is 12.9. The van der Waals surface area contributed by atoms with E-state index in [1.807, 2.05) is 49.4 Å². The van der Waals surface area contributed by atoms with Gasteiger partial charge in [0.05, 0.1) is 6.04 Å². The molecule has 2 amide bonds. The second kappa shape index (κ2) is 7.51. The van der Waals surface area contributed by atoms with Gasteiger partial charge in [0.15, 0.2) is 0 Å². The minimum absolute atomic E-state index is 0.0377. The molecule has 1 aliphatic rings. The molecular formula is C21H24N2O2. The third-order valence-electron chi connectivity index (χ3n) is 4.79. The van der Waals surface area contributed by atoms with Gasteiger partial charge in [0.1, 0.15) is 6.04 Å². The van der Waals surface area contributed by atoms with Crippen molar-refractivity contribution < 1.29 is 9.59 Å². The average Bonchev–Trinajstić information content (AvgIpc) is 3.11. The molecule has 1 heterocycles. The number of carbonyl (C=O) groups excluding carboxylic acids is 2. The van der Waals surface area contributed by atoms with Gasteiger partial charge in [-0.1, -0.05) is 60.2 Å². The fraction of sp³-hybridized carbons (Fsp3) is 0.333. The third kappa shape index (κ3) is 3.90. The lowest BCUT2D eigenvalue weighted by molar-refractivity contribution is -0.137. The van der Waals surface area contributed by atoms with Crippen LogP contribution in [0.3, 0.4) is 0 Å². The van der Waals surface area contributed by atoms with E-state index < -0.39 is 0 Å². The van der Waals surface area contributed by atoms with Crippen molar-refractivity contribution in [1.29, 1.82) is 0 Å². The van der Waals surface area contributed by atoms with E-state index in [2.05, 4.69) is 17.4 Å². The quantitative estimate of drug-likeness (QED) is 0.932. The molecule has 25 heavy (non-hydrogen) atoms. The van der Waals surface area contributed by atoms with E-state index in [1.54, 1.807) is 4.90 Å². The van der Waals surface area contributed by atoms with Crippen molar-refractivity contribution in [3.05, 3.63) is 71.3 Å². The van der Waals surface area contributed by atoms with Crippen LogP contribution in [0.5, 0.6) is 0 Å². The predicted octanol–water partition coefficient (Wildman–Crippen LogP) is 3.21. The summed E-state index contributed by atoms with van der Waals surface area (Å²) in [6.45, 7) is 4.23. The average molecular weight is 336 g/mol. The lowest BCUT2D eigenvalue weighted by atomic mass is 9.97. The molecule has 0 saturated carbocycles. The van der Waals surface area contributed by atoms with Gasteiger partial charge < -0.3 is 10.2 Å². The van der Waals surface area contributed by atoms with Crippen molar-refractivity contribution in [2.24, 2.45) is 0 Å². The molecule has 3 rings (SSSR count). The Bertz CT molecular complexity index is 740. The first kappa shape index (κ1) is 17.2. The van der Waals surface area contributed by atoms with Gasteiger partial charge in [-0.15, -0.1) is 0 Å². The highest BCUT2D eigenvalue weighted by molar-refractivity contribution is 5.88. The van der Waals surface area contributed by atoms with E-state index in [-0.39, 0.29) is 23.9 Å². The Morgan fingerprint density at radius 2 is 1.68 bits per heavy atom. The van der Waals surface area contributed by atoms with Crippen LogP contribution in [-0.4, -0.2) is 29.3 Å². The summed E-state index contributed by atoms with van der Waals surface area (Å²) in [7, 11) is 0. The van der Waals surface area contributed by atoms with Gasteiger partial charge in [-0.05, 0) is 30.9 Å². The highest BCUT2D eigenvalue weighted by Crippen LogP contribution is 2.24. The summed E-state index contributed by atoms with van der Waals surface area (Å²) in [5.41, 5.74) is 3.25. The molecule has 2 aromatic carbocycles. The van der Waals surface area contributed by atoms with E-state index in [1.165, 1.54) is 12.5 Å². The van der Waals surface area contributed by atoms with Gasteiger partial charge >= 0.3 is 0 Å². The largest absolute Gasteiger partial charge is 0.343 e. The summed E-state index contributed by atoms with van der Waals surface area (Å²) in [5, 5.41) is 3.16. The molecule has 1 fully saturated rings. The highest BCUT2D eigenvalue weighted by Gasteiger charge is 2.33. The van der Waals surface area contributed by atoms with E-state index in [0.717, 1.165) is 24.0 Å². The maximum atomic E-state index is 12.9. The van der Waals surface area contributed by atoms with Crippen LogP contribution in [0.2, 0.25) is 0 Å². The number of likely N-dealkylation sites (tertiary alicyclic amines) is 1. The topological polar surface area (TPSA) is 49.4 Å². The van der Waals surface area contributed by atoms with Gasteiger partial charge in [-0.3, -0.25) is 9.59 Å². The summed E-state index contributed by atoms with van der Waals surface area (Å²) in [5.74, 6) is -0.119. The minimum Gasteiger partial charge on any atom is -0.343 e. The highest BCUT2D eigenvalue weighted by atomic mass is 16.2. The van der Waals surface area contributed by atoms with Crippen LogP contribution in [0, 0.1) is 6.92 Å². The monoisotopic (exact) mass is 336 g/mol. The van der Waals surface area contributed by atoms with Gasteiger partial charge in [0, 0.05) is 13.5 Å². The summed E-state index contributed by atoms with van der Waals surface area (Å²) in [6.07, 6.45) is 1.60. The van der Waals surface area contributed by atoms with Crippen molar-refractivity contribution in [2.75, 3.05) is 6.54 Å². The zero-order valence-electron chi connectivity index (χ0n) is 14.7. The Hall–Kier alpha value is -2.62. The number of amides is 2. The van der Waals surface area contributed by atoms with Crippen molar-refractivity contribution in [3.8, 4) is 0 Å². The molecule has 4 nitrogen and oxygen atoms in total. The molecule has 0 bridgehead atoms. The number of carbonyl (C=O) groups is 2. The summed E-state index contributed by atoms with van der Waals surface area (Å²) >= 11 is 0. The number of rotatable bonds is 4. The summed E-state index contributed by atoms with van der Waals surface area (Å²) in [4.78, 5) is 26.3. The maximum Gasteiger partial charge on any atom is 0.243 e. The molecule has 130 valence electrons. The number of nitrogens with one attached hydrogen (secondary N) is 1. The Labute approximate surface area is 148 Å². The van der Waals surface area contributed by atoms with Gasteiger partial charge in [0.25, 0.3) is 0 Å². The zero-order valence-corrected chi connectivity index (χ0v) is 14.7. The van der Waals surface area contributed by atoms with Crippen LogP contribution in [-0.2, 0) is 9.59 Å². The molecule has 0 spiro atoms. The molecule has 2 atom stereocenters. The van der Waals surface area contributed by atoms with Crippen molar-refractivity contribution >= 4 is 11.8 Å². The molecule has 2 unspecified atom stereocenters. The van der Waals surface area contributed by atoms with Gasteiger partial charge in [-0.2, -0.15) is 0 Å². The SMILES string of the molecule is CC(=O)N1CCCC1C(=O)NC(c1ccccc1)c1ccc(C)cc1. The molecule has 1 N–H and O–H groups in total. The molecule has 0 aromatic heterocycles. The van der Waals surface area contributed by atoms with Crippen LogP contribution in [0.1, 0.15) is 42.5 Å². The molecule has 4 heteroatoms. The van der Waals surface area contributed by atoms with Crippen LogP contribution in [0.25, 0.3) is 0 Å². The Morgan fingerprint density at radius 3 is 2.32 bits per heavy atom. The number of aryl methyl sites for hydroxylation is 1. The van der Waals surface area contributed by atoms with E-state index in [9.17, 15) is 9.59 Å². The summed E-state index contributed by atoms with van der Waals surface area (Å²) < 4.78 is 0. The van der Waals surface area contributed by atoms with Gasteiger partial charge in [0.2, 0.25) is 11.8 Å². The van der Waals surface area contributed by atoms with Gasteiger partial charge in [-0.25, -0.2) is 0 Å². The van der Waals surface area contributed by atoms with E-state index in [0.29, 0.717) is 6.54 Å². The van der Waals surface area contributed by atoms with Crippen LogP contribution >= 0.6 is 0 Å². The van der Waals surface area contributed by atoms with Crippen molar-refractivity contribution in [2.45, 2.75) is 38.8 Å². The van der Waals surface area contributed by atoms with Crippen LogP contribution < -0.4 is 5.32 Å². The molecule has 2 aromatic rings. The van der Waals surface area contributed by atoms with E-state index >= 15 is 0 Å².